The first kappa shape index (κ1) is 41.5. The zero-order valence-corrected chi connectivity index (χ0v) is 30.4. The number of hydrogen-bond donors (Lipinski definition) is 3. The summed E-state index contributed by atoms with van der Waals surface area (Å²) in [6, 6.07) is -1.12. The van der Waals surface area contributed by atoms with E-state index in [0.29, 0.717) is 63.1 Å². The van der Waals surface area contributed by atoms with Crippen molar-refractivity contribution in [3.05, 3.63) is 23.5 Å². The highest BCUT2D eigenvalue weighted by Crippen LogP contribution is 2.37. The third-order valence-corrected chi connectivity index (χ3v) is 10.9. The molecule has 0 aromatic heterocycles. The number of aldehydes is 1. The van der Waals surface area contributed by atoms with Gasteiger partial charge in [-0.15, -0.1) is 0 Å². The van der Waals surface area contributed by atoms with Gasteiger partial charge in [-0.1, -0.05) is 13.8 Å². The van der Waals surface area contributed by atoms with Crippen LogP contribution < -0.4 is 0 Å². The number of amides is 1. The summed E-state index contributed by atoms with van der Waals surface area (Å²) in [5.74, 6) is -6.65. The number of carbonyl (C=O) groups excluding carboxylic acids is 5. The van der Waals surface area contributed by atoms with E-state index in [4.69, 9.17) is 18.9 Å². The number of likely N-dealkylation sites (tertiary alicyclic amines) is 1. The summed E-state index contributed by atoms with van der Waals surface area (Å²) in [4.78, 5) is 66.6. The molecule has 13 nitrogen and oxygen atoms in total. The Morgan fingerprint density at radius 1 is 1.04 bits per heavy atom. The number of rotatable bonds is 16. The lowest BCUT2D eigenvalue weighted by molar-refractivity contribution is -0.265. The Morgan fingerprint density at radius 2 is 1.76 bits per heavy atom. The molecule has 1 saturated carbocycles. The molecule has 50 heavy (non-hydrogen) atoms. The summed E-state index contributed by atoms with van der Waals surface area (Å²) >= 11 is 0. The van der Waals surface area contributed by atoms with Crippen molar-refractivity contribution >= 4 is 29.7 Å². The Labute approximate surface area is 295 Å². The van der Waals surface area contributed by atoms with Crippen LogP contribution in [0.15, 0.2) is 23.5 Å². The van der Waals surface area contributed by atoms with Gasteiger partial charge in [-0.05, 0) is 95.1 Å². The van der Waals surface area contributed by atoms with Crippen molar-refractivity contribution < 1.29 is 58.2 Å². The van der Waals surface area contributed by atoms with Gasteiger partial charge < -0.3 is 39.2 Å². The van der Waals surface area contributed by atoms with Crippen LogP contribution >= 0.6 is 0 Å². The standard InChI is InChI=1S/C37H57NO12/c1-22(14-16-39)31(47-5)19-27-12-10-25(4)37(46,50-27)34(43)35(44)38-15-8-7-9-28(38)36(45)49-32(20-30(42)24(3)21-40)23(2)17-26-11-13-29(41)33(18-26)48-6/h14,16,21,23,25-29,31-33,40-41,46H,7-13,15,17-20H2,1-6H3/b22-14+,24-21+/t23-,25-,26-,27+,28+,29-,31+,32+,33-,37-/m1/s1. The van der Waals surface area contributed by atoms with E-state index in [0.717, 1.165) is 11.3 Å². The molecule has 2 heterocycles. The highest BCUT2D eigenvalue weighted by Gasteiger charge is 2.53. The van der Waals surface area contributed by atoms with Gasteiger partial charge in [-0.25, -0.2) is 4.79 Å². The number of methoxy groups -OCH3 is 2. The maximum absolute atomic E-state index is 13.9. The van der Waals surface area contributed by atoms with Gasteiger partial charge in [0, 0.05) is 45.1 Å². The number of aliphatic hydroxyl groups is 3. The molecule has 0 radical (unpaired) electrons. The molecule has 3 rings (SSSR count). The van der Waals surface area contributed by atoms with Crippen LogP contribution in [0.3, 0.4) is 0 Å². The van der Waals surface area contributed by atoms with E-state index >= 15 is 0 Å². The topological polar surface area (TPSA) is 186 Å². The number of carbonyl (C=O) groups is 5. The highest BCUT2D eigenvalue weighted by atomic mass is 16.6. The van der Waals surface area contributed by atoms with Crippen LogP contribution in [-0.4, -0.2) is 113 Å². The summed E-state index contributed by atoms with van der Waals surface area (Å²) in [5, 5.41) is 31.3. The summed E-state index contributed by atoms with van der Waals surface area (Å²) < 4.78 is 22.9. The van der Waals surface area contributed by atoms with Crippen molar-refractivity contribution in [2.24, 2.45) is 17.8 Å². The second kappa shape index (κ2) is 19.0. The van der Waals surface area contributed by atoms with Gasteiger partial charge in [0.25, 0.3) is 11.7 Å². The molecule has 10 atom stereocenters. The summed E-state index contributed by atoms with van der Waals surface area (Å²) in [5.41, 5.74) is 0.761. The van der Waals surface area contributed by atoms with Gasteiger partial charge in [0.15, 0.2) is 5.78 Å². The molecule has 0 spiro atoms. The first-order valence-corrected chi connectivity index (χ1v) is 17.9. The molecule has 3 aliphatic rings. The van der Waals surface area contributed by atoms with Crippen LogP contribution in [0.4, 0.5) is 0 Å². The van der Waals surface area contributed by atoms with Crippen LogP contribution in [0, 0.1) is 17.8 Å². The maximum atomic E-state index is 13.9. The Morgan fingerprint density at radius 3 is 2.40 bits per heavy atom. The number of ketones is 2. The molecular weight excluding hydrogens is 650 g/mol. The molecule has 0 unspecified atom stereocenters. The second-order valence-corrected chi connectivity index (χ2v) is 14.4. The molecule has 282 valence electrons. The number of Topliss-reactive ketones (excluding diaryl/α,β-unsaturated/α-hetero) is 2. The first-order valence-electron chi connectivity index (χ1n) is 17.9. The minimum absolute atomic E-state index is 0.0912. The fourth-order valence-electron chi connectivity index (χ4n) is 7.47. The minimum Gasteiger partial charge on any atom is -0.515 e. The predicted octanol–water partition coefficient (Wildman–Crippen LogP) is 3.53. The molecule has 13 heteroatoms. The van der Waals surface area contributed by atoms with Crippen LogP contribution in [0.1, 0.15) is 98.3 Å². The van der Waals surface area contributed by atoms with Crippen molar-refractivity contribution in [3.8, 4) is 0 Å². The Balaban J connectivity index is 1.78. The molecule has 2 aliphatic heterocycles. The van der Waals surface area contributed by atoms with E-state index in [-0.39, 0.29) is 49.3 Å². The van der Waals surface area contributed by atoms with Crippen LogP contribution in [-0.2, 0) is 42.9 Å². The van der Waals surface area contributed by atoms with E-state index in [1.165, 1.54) is 20.1 Å². The van der Waals surface area contributed by atoms with Crippen molar-refractivity contribution in [2.75, 3.05) is 20.8 Å². The van der Waals surface area contributed by atoms with Gasteiger partial charge in [0.2, 0.25) is 5.79 Å². The number of aliphatic hydroxyl groups excluding tert-OH is 2. The van der Waals surface area contributed by atoms with Crippen LogP contribution in [0.5, 0.6) is 0 Å². The molecule has 3 fully saturated rings. The van der Waals surface area contributed by atoms with Crippen LogP contribution in [0.25, 0.3) is 0 Å². The average molecular weight is 708 g/mol. The van der Waals surface area contributed by atoms with E-state index in [1.54, 1.807) is 21.0 Å². The molecular formula is C37H57NO12. The fraction of sp³-hybridized carbons (Fsp3) is 0.757. The first-order chi connectivity index (χ1) is 23.7. The lowest BCUT2D eigenvalue weighted by Crippen LogP contribution is -2.61. The maximum Gasteiger partial charge on any atom is 0.329 e. The number of piperidine rings is 1. The predicted molar refractivity (Wildman–Crippen MR) is 182 cm³/mol. The van der Waals surface area contributed by atoms with Crippen LogP contribution in [0.2, 0.25) is 0 Å². The fourth-order valence-corrected chi connectivity index (χ4v) is 7.47. The third-order valence-electron chi connectivity index (χ3n) is 10.9. The number of allylic oxidation sites excluding steroid dienone is 2. The number of nitrogens with zero attached hydrogens (tertiary/aromatic N) is 1. The van der Waals surface area contributed by atoms with Gasteiger partial charge in [0.1, 0.15) is 18.4 Å². The smallest absolute Gasteiger partial charge is 0.329 e. The molecule has 0 aromatic carbocycles. The minimum atomic E-state index is -2.43. The average Bonchev–Trinajstić information content (AvgIpc) is 3.11. The van der Waals surface area contributed by atoms with Gasteiger partial charge >= 0.3 is 5.97 Å². The van der Waals surface area contributed by atoms with E-state index in [2.05, 4.69) is 0 Å². The Bertz CT molecular complexity index is 1260. The number of ether oxygens (including phenoxy) is 4. The van der Waals surface area contributed by atoms with E-state index in [9.17, 15) is 39.3 Å². The Hall–Kier alpha value is -2.97. The normalized spacial score (nSPS) is 31.3. The second-order valence-electron chi connectivity index (χ2n) is 14.4. The molecule has 0 aromatic rings. The largest absolute Gasteiger partial charge is 0.515 e. The summed E-state index contributed by atoms with van der Waals surface area (Å²) in [7, 11) is 3.04. The summed E-state index contributed by atoms with van der Waals surface area (Å²) in [6.07, 6.45) is 4.66. The monoisotopic (exact) mass is 707 g/mol. The molecule has 1 amide bonds. The molecule has 0 bridgehead atoms. The van der Waals surface area contributed by atoms with Gasteiger partial charge in [0.05, 0.1) is 30.7 Å². The zero-order valence-electron chi connectivity index (χ0n) is 30.4. The third kappa shape index (κ3) is 10.3. The van der Waals surface area contributed by atoms with E-state index < -0.39 is 65.6 Å². The SMILES string of the molecule is CO[C@@H](C[C@@H]1CC[C@@H](C)[C@](O)(C(=O)C(=O)N2CCCC[C@H]2C(=O)O[C@@H](CC(=O)/C(C)=C/O)[C@H](C)C[C@H]2CC[C@@H](O)[C@H](OC)C2)O1)/C(C)=C/C=O. The van der Waals surface area contributed by atoms with Crippen molar-refractivity contribution in [2.45, 2.75) is 141 Å². The highest BCUT2D eigenvalue weighted by molar-refractivity contribution is 6.39. The quantitative estimate of drug-likeness (QED) is 0.0698. The molecule has 2 saturated heterocycles. The van der Waals surface area contributed by atoms with Crippen molar-refractivity contribution in [1.29, 1.82) is 0 Å². The van der Waals surface area contributed by atoms with E-state index in [1.807, 2.05) is 6.92 Å². The van der Waals surface area contributed by atoms with Gasteiger partial charge in [-0.2, -0.15) is 0 Å². The lowest BCUT2D eigenvalue weighted by Gasteiger charge is -2.42. The number of hydrogen-bond acceptors (Lipinski definition) is 12. The molecule has 1 aliphatic carbocycles. The van der Waals surface area contributed by atoms with Gasteiger partial charge in [-0.3, -0.25) is 19.2 Å². The zero-order chi connectivity index (χ0) is 37.2. The van der Waals surface area contributed by atoms with Crippen molar-refractivity contribution in [1.82, 2.24) is 4.90 Å². The molecule has 3 N–H and O–H groups in total. The van der Waals surface area contributed by atoms with Crippen molar-refractivity contribution in [3.63, 3.8) is 0 Å². The lowest BCUT2D eigenvalue weighted by atomic mass is 9.78. The Kier molecular flexibility index (Phi) is 15.8. The number of esters is 1. The summed E-state index contributed by atoms with van der Waals surface area (Å²) in [6.45, 7) is 6.79.